The third-order valence-electron chi connectivity index (χ3n) is 11.1. The second kappa shape index (κ2) is 71.7. The molecule has 55 heavy (non-hydrogen) atoms. The van der Waals surface area contributed by atoms with E-state index in [1.54, 1.807) is 0 Å². The highest BCUT2D eigenvalue weighted by molar-refractivity contribution is 4.61. The highest BCUT2D eigenvalue weighted by atomic mass is 14.2. The summed E-state index contributed by atoms with van der Waals surface area (Å²) in [6.07, 6.45) is 38.5. The van der Waals surface area contributed by atoms with Gasteiger partial charge < -0.3 is 0 Å². The van der Waals surface area contributed by atoms with E-state index >= 15 is 0 Å². The number of hydrogen-bond acceptors (Lipinski definition) is 0. The van der Waals surface area contributed by atoms with Gasteiger partial charge in [-0.15, -0.1) is 0 Å². The van der Waals surface area contributed by atoms with Gasteiger partial charge in [0.15, 0.2) is 0 Å². The summed E-state index contributed by atoms with van der Waals surface area (Å²) in [5.74, 6) is 3.79. The molecule has 0 aromatic heterocycles. The third kappa shape index (κ3) is 107. The molecule has 0 heteroatoms. The van der Waals surface area contributed by atoms with Crippen molar-refractivity contribution in [1.82, 2.24) is 0 Å². The maximum absolute atomic E-state index is 2.34. The van der Waals surface area contributed by atoms with Crippen molar-refractivity contribution < 1.29 is 0 Å². The lowest BCUT2D eigenvalue weighted by atomic mass is 9.88. The summed E-state index contributed by atoms with van der Waals surface area (Å²) in [7, 11) is 0. The lowest BCUT2D eigenvalue weighted by Crippen LogP contribution is -2.05. The molecule has 0 atom stereocenters. The minimum absolute atomic E-state index is 0.583. The first-order valence-corrected chi connectivity index (χ1v) is 26.1. The first kappa shape index (κ1) is 72.6. The Bertz CT molecular complexity index is 457. The van der Waals surface area contributed by atoms with Crippen molar-refractivity contribution in [3.8, 4) is 0 Å². The van der Waals surface area contributed by atoms with Gasteiger partial charge in [-0.05, 0) is 29.1 Å². The van der Waals surface area contributed by atoms with Crippen molar-refractivity contribution in [2.45, 2.75) is 332 Å². The Balaban J connectivity index is -0.0000000767. The Hall–Kier alpha value is 0. The molecule has 0 radical (unpaired) electrons. The minimum atomic E-state index is 0.583. The molecular weight excluding hydrogens is 661 g/mol. The second-order valence-corrected chi connectivity index (χ2v) is 17.9. The molecule has 0 rings (SSSR count). The van der Waals surface area contributed by atoms with Crippen molar-refractivity contribution in [1.29, 1.82) is 0 Å². The van der Waals surface area contributed by atoms with Crippen LogP contribution in [0.3, 0.4) is 0 Å². The van der Waals surface area contributed by atoms with Gasteiger partial charge in [0, 0.05) is 0 Å². The second-order valence-electron chi connectivity index (χ2n) is 17.9. The maximum Gasteiger partial charge on any atom is -0.0359 e. The Morgan fingerprint density at radius 2 is 0.564 bits per heavy atom. The summed E-state index contributed by atoms with van der Waals surface area (Å²) in [5.41, 5.74) is 0.583. The van der Waals surface area contributed by atoms with E-state index in [9.17, 15) is 0 Å². The third-order valence-corrected chi connectivity index (χ3v) is 11.1. The van der Waals surface area contributed by atoms with Crippen LogP contribution in [-0.4, -0.2) is 0 Å². The lowest BCUT2D eigenvalue weighted by Gasteiger charge is -2.18. The van der Waals surface area contributed by atoms with Crippen LogP contribution in [-0.2, 0) is 0 Å². The van der Waals surface area contributed by atoms with E-state index in [4.69, 9.17) is 0 Å². The first-order chi connectivity index (χ1) is 26.1. The van der Waals surface area contributed by atoms with Gasteiger partial charge in [0.2, 0.25) is 0 Å². The van der Waals surface area contributed by atoms with Gasteiger partial charge in [-0.1, -0.05) is 332 Å². The topological polar surface area (TPSA) is 0 Å². The van der Waals surface area contributed by atoms with Gasteiger partial charge in [0.25, 0.3) is 0 Å². The Morgan fingerprint density at radius 3 is 0.709 bits per heavy atom. The van der Waals surface area contributed by atoms with Crippen LogP contribution in [0.2, 0.25) is 0 Å². The minimum Gasteiger partial charge on any atom is -0.0654 e. The maximum atomic E-state index is 2.34. The molecule has 0 amide bonds. The molecule has 0 N–H and O–H groups in total. The Morgan fingerprint density at radius 1 is 0.291 bits per heavy atom. The predicted octanol–water partition coefficient (Wildman–Crippen LogP) is 22.7. The molecule has 346 valence electrons. The molecule has 0 aliphatic heterocycles. The summed E-state index contributed by atoms with van der Waals surface area (Å²) in [4.78, 5) is 0. The zero-order valence-corrected chi connectivity index (χ0v) is 44.6. The lowest BCUT2D eigenvalue weighted by molar-refractivity contribution is 0.338. The van der Waals surface area contributed by atoms with Gasteiger partial charge in [-0.3, -0.25) is 0 Å². The quantitative estimate of drug-likeness (QED) is 0.0809. The van der Waals surface area contributed by atoms with Crippen molar-refractivity contribution in [3.63, 3.8) is 0 Å². The van der Waals surface area contributed by atoms with E-state index < -0.39 is 0 Å². The molecule has 0 aromatic rings. The van der Waals surface area contributed by atoms with E-state index in [-0.39, 0.29) is 0 Å². The van der Waals surface area contributed by atoms with Gasteiger partial charge in [0.05, 0.1) is 0 Å². The molecule has 0 heterocycles. The molecule has 0 bridgehead atoms. The number of rotatable bonds is 25. The van der Waals surface area contributed by atoms with E-state index in [0.29, 0.717) is 5.41 Å². The van der Waals surface area contributed by atoms with E-state index in [0.717, 1.165) is 23.7 Å². The molecule has 0 aliphatic carbocycles. The molecule has 0 saturated carbocycles. The number of hydrogen-bond donors (Lipinski definition) is 0. The monoisotopic (exact) mass is 787 g/mol. The van der Waals surface area contributed by atoms with E-state index in [2.05, 4.69) is 152 Å². The van der Waals surface area contributed by atoms with Crippen LogP contribution in [0.15, 0.2) is 0 Å². The normalized spacial score (nSPS) is 10.1. The van der Waals surface area contributed by atoms with Crippen molar-refractivity contribution in [2.24, 2.45) is 29.1 Å². The van der Waals surface area contributed by atoms with Crippen LogP contribution >= 0.6 is 0 Å². The molecule has 0 aliphatic rings. The van der Waals surface area contributed by atoms with Gasteiger partial charge in [-0.25, -0.2) is 0 Å². The smallest absolute Gasteiger partial charge is 0.0359 e. The van der Waals surface area contributed by atoms with Crippen molar-refractivity contribution in [2.75, 3.05) is 0 Å². The van der Waals surface area contributed by atoms with Gasteiger partial charge in [-0.2, -0.15) is 0 Å². The summed E-state index contributed by atoms with van der Waals surface area (Å²) in [5, 5.41) is 0. The van der Waals surface area contributed by atoms with Crippen molar-refractivity contribution in [3.05, 3.63) is 0 Å². The van der Waals surface area contributed by atoms with Crippen LogP contribution in [0.25, 0.3) is 0 Å². The molecule has 0 fully saturated rings. The summed E-state index contributed by atoms with van der Waals surface area (Å²) in [6.45, 7) is 49.7. The highest BCUT2D eigenvalue weighted by Crippen LogP contribution is 2.22. The van der Waals surface area contributed by atoms with E-state index in [1.165, 1.54) is 180 Å². The number of unbranched alkanes of at least 4 members (excludes halogenated alkanes) is 12. The fourth-order valence-electron chi connectivity index (χ4n) is 5.01. The average Bonchev–Trinajstić information content (AvgIpc) is 3.18. The van der Waals surface area contributed by atoms with Gasteiger partial charge >= 0.3 is 0 Å². The van der Waals surface area contributed by atoms with Crippen molar-refractivity contribution >= 4 is 0 Å². The summed E-state index contributed by atoms with van der Waals surface area (Å²) >= 11 is 0. The molecule has 0 spiro atoms. The molecule has 0 saturated heterocycles. The average molecular weight is 788 g/mol. The Kier molecular flexibility index (Phi) is 94.6. The molecule has 0 nitrogen and oxygen atoms in total. The largest absolute Gasteiger partial charge is 0.0654 e. The molecule has 0 aromatic carbocycles. The zero-order chi connectivity index (χ0) is 44.6. The van der Waals surface area contributed by atoms with Crippen LogP contribution in [0, 0.1) is 29.1 Å². The molecular formula is C55H126. The zero-order valence-electron chi connectivity index (χ0n) is 44.6. The highest BCUT2D eigenvalue weighted by Gasteiger charge is 2.09. The Labute approximate surface area is 359 Å². The van der Waals surface area contributed by atoms with E-state index in [1.807, 2.05) is 0 Å². The van der Waals surface area contributed by atoms with Gasteiger partial charge in [0.1, 0.15) is 0 Å². The first-order valence-electron chi connectivity index (χ1n) is 26.1. The molecule has 0 unspecified atom stereocenters. The SMILES string of the molecule is CCC(C)(C)CC.CCC(C)CC.CCC(CC)CC.CCCC(C)CCC.CCCCCC.CCCCCC.CCCCCC(C)C.CCCCCCC. The predicted molar refractivity (Wildman–Crippen MR) is 270 cm³/mol. The van der Waals surface area contributed by atoms with Crippen LogP contribution < -0.4 is 0 Å². The fraction of sp³-hybridized carbons (Fsp3) is 1.00. The van der Waals surface area contributed by atoms with Crippen LogP contribution in [0.4, 0.5) is 0 Å². The fourth-order valence-corrected chi connectivity index (χ4v) is 5.01. The summed E-state index contributed by atoms with van der Waals surface area (Å²) in [6, 6.07) is 0. The summed E-state index contributed by atoms with van der Waals surface area (Å²) < 4.78 is 0. The standard InChI is InChI=1S/2C8H18.3C7H16.3C6H14/c1-4-5-6-7-8(2)3;1-4-6-8(3)7-5-2;1-5-7(3,4)6-2;1-4-7(5-2)6-3;1-3-5-7-6-4-2;1-4-6(3)5-2;2*1-3-5-6-4-2/h2*8H,4-7H2,1-3H3;5-6H2,1-4H3;7H,4-6H2,1-3H3;3-7H2,1-2H3;6H,4-5H2,1-3H3;2*3-6H2,1-2H3. The van der Waals surface area contributed by atoms with Crippen LogP contribution in [0.1, 0.15) is 332 Å². The van der Waals surface area contributed by atoms with Crippen LogP contribution in [0.5, 0.6) is 0 Å².